The van der Waals surface area contributed by atoms with E-state index in [2.05, 4.69) is 6.07 Å². The molecule has 0 N–H and O–H groups in total. The molecular weight excluding hydrogens is 441 g/mol. The molecule has 2 aromatic carbocycles. The Bertz CT molecular complexity index is 1240. The lowest BCUT2D eigenvalue weighted by Crippen LogP contribution is -2.47. The number of alkyl halides is 3. The average molecular weight is 458 g/mol. The van der Waals surface area contributed by atoms with E-state index in [-0.39, 0.29) is 22.5 Å². The molecule has 3 rings (SSSR count). The molecule has 6 nitrogen and oxygen atoms in total. The number of nitriles is 2. The van der Waals surface area contributed by atoms with Gasteiger partial charge in [0.1, 0.15) is 0 Å². The smallest absolute Gasteiger partial charge is 0.315 e. The van der Waals surface area contributed by atoms with Gasteiger partial charge in [0.25, 0.3) is 0 Å². The maximum Gasteiger partial charge on any atom is 0.416 e. The van der Waals surface area contributed by atoms with Gasteiger partial charge in [-0.1, -0.05) is 12.1 Å². The van der Waals surface area contributed by atoms with Gasteiger partial charge in [-0.25, -0.2) is 4.79 Å². The summed E-state index contributed by atoms with van der Waals surface area (Å²) in [5.41, 5.74) is 0.000919. The van der Waals surface area contributed by atoms with Crippen molar-refractivity contribution in [3.8, 4) is 12.1 Å². The van der Waals surface area contributed by atoms with Crippen LogP contribution in [0.2, 0.25) is 0 Å². The third kappa shape index (κ3) is 3.97. The van der Waals surface area contributed by atoms with Crippen molar-refractivity contribution >= 4 is 22.5 Å². The number of nitrogens with zero attached hydrogens (tertiary/aromatic N) is 4. The molecule has 0 unspecified atom stereocenters. The summed E-state index contributed by atoms with van der Waals surface area (Å²) in [5, 5.41) is 19.1. The molecule has 0 aliphatic carbocycles. The molecule has 0 fully saturated rings. The monoisotopic (exact) mass is 458 g/mol. The van der Waals surface area contributed by atoms with E-state index in [0.717, 1.165) is 17.0 Å². The van der Waals surface area contributed by atoms with Gasteiger partial charge >= 0.3 is 12.2 Å². The highest BCUT2D eigenvalue weighted by Crippen LogP contribution is 2.41. The predicted molar refractivity (Wildman–Crippen MR) is 112 cm³/mol. The molecule has 164 valence electrons. The molecule has 0 aromatic heterocycles. The summed E-state index contributed by atoms with van der Waals surface area (Å²) in [6.07, 6.45) is -3.18. The number of anilines is 1. The van der Waals surface area contributed by atoms with Crippen molar-refractivity contribution < 1.29 is 22.2 Å². The highest BCUT2D eigenvalue weighted by Gasteiger charge is 2.40. The zero-order valence-corrected chi connectivity index (χ0v) is 18.1. The predicted octanol–water partition coefficient (Wildman–Crippen LogP) is 4.73. The zero-order valence-electron chi connectivity index (χ0n) is 17.3. The van der Waals surface area contributed by atoms with Gasteiger partial charge in [0, 0.05) is 23.9 Å². The highest BCUT2D eigenvalue weighted by atomic mass is 32.2. The first kappa shape index (κ1) is 23.0. The zero-order chi connectivity index (χ0) is 23.8. The van der Waals surface area contributed by atoms with Gasteiger partial charge in [-0.2, -0.15) is 23.7 Å². The SMILES string of the molecule is CC1=C(C#N)[C@@H](c2ccc(C#N)cc2[S@@](C)=O)N(C)C(=O)N1c1cccc(C(F)(F)F)c1. The number of halogens is 3. The number of likely N-dealkylation sites (N-methyl/N-ethyl adjacent to an activating group) is 1. The minimum atomic E-state index is -4.60. The summed E-state index contributed by atoms with van der Waals surface area (Å²) >= 11 is 0. The number of allylic oxidation sites excluding steroid dienone is 1. The lowest BCUT2D eigenvalue weighted by Gasteiger charge is -2.40. The average Bonchev–Trinajstić information content (AvgIpc) is 2.75. The molecule has 2 aromatic rings. The Morgan fingerprint density at radius 3 is 2.34 bits per heavy atom. The molecule has 0 spiro atoms. The quantitative estimate of drug-likeness (QED) is 0.666. The van der Waals surface area contributed by atoms with Crippen molar-refractivity contribution in [3.63, 3.8) is 0 Å². The van der Waals surface area contributed by atoms with Crippen LogP contribution in [-0.4, -0.2) is 28.4 Å². The van der Waals surface area contributed by atoms with Crippen LogP contribution in [-0.2, 0) is 17.0 Å². The summed E-state index contributed by atoms with van der Waals surface area (Å²) in [7, 11) is -0.111. The Balaban J connectivity index is 2.21. The van der Waals surface area contributed by atoms with Crippen LogP contribution in [0.3, 0.4) is 0 Å². The Hall–Kier alpha value is -3.63. The summed E-state index contributed by atoms with van der Waals surface area (Å²) in [6, 6.07) is 11.2. The third-order valence-electron chi connectivity index (χ3n) is 5.18. The number of urea groups is 1. The van der Waals surface area contributed by atoms with E-state index >= 15 is 0 Å². The number of amides is 2. The molecule has 1 heterocycles. The molecule has 10 heteroatoms. The van der Waals surface area contributed by atoms with Crippen molar-refractivity contribution in [2.45, 2.75) is 24.0 Å². The number of carbonyl (C=O) groups excluding carboxylic acids is 1. The first-order valence-corrected chi connectivity index (χ1v) is 10.8. The van der Waals surface area contributed by atoms with E-state index in [4.69, 9.17) is 5.26 Å². The minimum Gasteiger partial charge on any atom is -0.315 e. The molecule has 2 amide bonds. The second-order valence-corrected chi connectivity index (χ2v) is 8.46. The Morgan fingerprint density at radius 2 is 1.78 bits per heavy atom. The van der Waals surface area contributed by atoms with Gasteiger partial charge in [-0.15, -0.1) is 0 Å². The van der Waals surface area contributed by atoms with Crippen LogP contribution < -0.4 is 4.90 Å². The second-order valence-electron chi connectivity index (χ2n) is 7.11. The summed E-state index contributed by atoms with van der Waals surface area (Å²) in [5.74, 6) is 0. The molecule has 0 bridgehead atoms. The van der Waals surface area contributed by atoms with Crippen LogP contribution in [0.1, 0.15) is 29.7 Å². The number of hydrogen-bond donors (Lipinski definition) is 0. The fraction of sp³-hybridized carbons (Fsp3) is 0.227. The van der Waals surface area contributed by atoms with Crippen LogP contribution >= 0.6 is 0 Å². The molecule has 1 aliphatic rings. The molecule has 32 heavy (non-hydrogen) atoms. The lowest BCUT2D eigenvalue weighted by molar-refractivity contribution is -0.137. The van der Waals surface area contributed by atoms with Gasteiger partial charge in [0.2, 0.25) is 0 Å². The van der Waals surface area contributed by atoms with Gasteiger partial charge in [0.15, 0.2) is 0 Å². The maximum atomic E-state index is 13.2. The van der Waals surface area contributed by atoms with Crippen molar-refractivity contribution in [2.24, 2.45) is 0 Å². The van der Waals surface area contributed by atoms with Crippen LogP contribution in [0.15, 0.2) is 58.6 Å². The highest BCUT2D eigenvalue weighted by molar-refractivity contribution is 7.84. The third-order valence-corrected chi connectivity index (χ3v) is 6.15. The Kier molecular flexibility index (Phi) is 6.11. The van der Waals surface area contributed by atoms with Crippen LogP contribution in [0.4, 0.5) is 23.7 Å². The summed E-state index contributed by atoms with van der Waals surface area (Å²) in [6.45, 7) is 1.48. The molecule has 0 saturated heterocycles. The molecule has 2 atom stereocenters. The molecule has 0 saturated carbocycles. The molecular formula is C22H17F3N4O2S. The Morgan fingerprint density at radius 1 is 1.09 bits per heavy atom. The molecule has 1 aliphatic heterocycles. The van der Waals surface area contributed by atoms with Gasteiger partial charge in [-0.3, -0.25) is 9.11 Å². The van der Waals surface area contributed by atoms with E-state index in [1.165, 1.54) is 55.5 Å². The topological polar surface area (TPSA) is 88.2 Å². The number of hydrogen-bond acceptors (Lipinski definition) is 4. The summed E-state index contributed by atoms with van der Waals surface area (Å²) < 4.78 is 51.9. The van der Waals surface area contributed by atoms with Crippen LogP contribution in [0.25, 0.3) is 0 Å². The first-order valence-electron chi connectivity index (χ1n) is 9.23. The summed E-state index contributed by atoms with van der Waals surface area (Å²) in [4.78, 5) is 15.8. The fourth-order valence-corrected chi connectivity index (χ4v) is 4.44. The number of rotatable bonds is 3. The Labute approximate surface area is 185 Å². The molecule has 0 radical (unpaired) electrons. The van der Waals surface area contributed by atoms with Gasteiger partial charge in [-0.05, 0) is 42.8 Å². The number of carbonyl (C=O) groups is 1. The second kappa shape index (κ2) is 8.48. The minimum absolute atomic E-state index is 0.0282. The van der Waals surface area contributed by atoms with Gasteiger partial charge in [0.05, 0.1) is 51.4 Å². The normalized spacial score (nSPS) is 17.8. The van der Waals surface area contributed by atoms with Crippen LogP contribution in [0, 0.1) is 22.7 Å². The lowest BCUT2D eigenvalue weighted by atomic mass is 9.93. The van der Waals surface area contributed by atoms with Crippen LogP contribution in [0.5, 0.6) is 0 Å². The maximum absolute atomic E-state index is 13.2. The van der Waals surface area contributed by atoms with E-state index < -0.39 is 34.6 Å². The largest absolute Gasteiger partial charge is 0.416 e. The van der Waals surface area contributed by atoms with Crippen molar-refractivity contribution in [2.75, 3.05) is 18.2 Å². The van der Waals surface area contributed by atoms with Gasteiger partial charge < -0.3 is 4.90 Å². The van der Waals surface area contributed by atoms with Crippen molar-refractivity contribution in [1.29, 1.82) is 10.5 Å². The van der Waals surface area contributed by atoms with E-state index in [9.17, 15) is 27.4 Å². The van der Waals surface area contributed by atoms with E-state index in [0.29, 0.717) is 10.5 Å². The van der Waals surface area contributed by atoms with Crippen molar-refractivity contribution in [1.82, 2.24) is 4.90 Å². The van der Waals surface area contributed by atoms with E-state index in [1.807, 2.05) is 6.07 Å². The van der Waals surface area contributed by atoms with Crippen molar-refractivity contribution in [3.05, 3.63) is 70.4 Å². The number of benzene rings is 2. The van der Waals surface area contributed by atoms with E-state index in [1.54, 1.807) is 0 Å². The first-order chi connectivity index (χ1) is 15.0. The fourth-order valence-electron chi connectivity index (χ4n) is 3.63. The standard InChI is InChI=1S/C22H17F3N4O2S/c1-13-18(12-27)20(17-8-7-14(11-26)9-19(17)32(3)31)28(2)21(30)29(13)16-6-4-5-15(10-16)22(23,24)25/h4-10,20H,1-3H3/t20-,32-/m1/s1.